The number of hydrogen-bond donors (Lipinski definition) is 0. The van der Waals surface area contributed by atoms with E-state index in [4.69, 9.17) is 9.47 Å². The smallest absolute Gasteiger partial charge is 0.312 e. The fourth-order valence-corrected chi connectivity index (χ4v) is 3.82. The highest BCUT2D eigenvalue weighted by atomic mass is 16.6. The van der Waals surface area contributed by atoms with Crippen LogP contribution in [0.2, 0.25) is 0 Å². The molecule has 0 amide bonds. The molecule has 0 aromatic rings. The highest BCUT2D eigenvalue weighted by molar-refractivity contribution is 5.77. The van der Waals surface area contributed by atoms with E-state index in [1.54, 1.807) is 0 Å². The third kappa shape index (κ3) is 2.42. The van der Waals surface area contributed by atoms with Gasteiger partial charge in [0.15, 0.2) is 0 Å². The third-order valence-electron chi connectivity index (χ3n) is 5.79. The molecule has 3 nitrogen and oxygen atoms in total. The van der Waals surface area contributed by atoms with Crippen molar-refractivity contribution in [2.24, 2.45) is 17.3 Å². The van der Waals surface area contributed by atoms with Crippen LogP contribution in [0.1, 0.15) is 59.3 Å². The van der Waals surface area contributed by atoms with Crippen molar-refractivity contribution >= 4 is 5.97 Å². The highest BCUT2D eigenvalue weighted by Crippen LogP contribution is 2.44. The Morgan fingerprint density at radius 1 is 1.21 bits per heavy atom. The first-order valence-corrected chi connectivity index (χ1v) is 7.87. The Labute approximate surface area is 116 Å². The summed E-state index contributed by atoms with van der Waals surface area (Å²) < 4.78 is 11.5. The van der Waals surface area contributed by atoms with Gasteiger partial charge in [0.25, 0.3) is 0 Å². The van der Waals surface area contributed by atoms with E-state index in [1.165, 1.54) is 6.42 Å². The first-order chi connectivity index (χ1) is 9.00. The minimum atomic E-state index is -0.265. The molecule has 3 rings (SSSR count). The van der Waals surface area contributed by atoms with Crippen molar-refractivity contribution in [2.45, 2.75) is 77.6 Å². The van der Waals surface area contributed by atoms with Crippen LogP contribution in [-0.2, 0) is 14.3 Å². The van der Waals surface area contributed by atoms with Crippen LogP contribution in [0.3, 0.4) is 0 Å². The highest BCUT2D eigenvalue weighted by Gasteiger charge is 2.50. The van der Waals surface area contributed by atoms with Crippen molar-refractivity contribution < 1.29 is 14.3 Å². The fraction of sp³-hybridized carbons (Fsp3) is 0.938. The van der Waals surface area contributed by atoms with Gasteiger partial charge in [0.1, 0.15) is 6.10 Å². The Morgan fingerprint density at radius 3 is 2.68 bits per heavy atom. The molecule has 3 heteroatoms. The molecule has 1 saturated heterocycles. The number of esters is 1. The molecule has 0 spiro atoms. The molecule has 3 fully saturated rings. The summed E-state index contributed by atoms with van der Waals surface area (Å²) in [5.74, 6) is 0.920. The normalized spacial score (nSPS) is 49.3. The molecule has 6 unspecified atom stereocenters. The molecule has 1 heterocycles. The lowest BCUT2D eigenvalue weighted by Gasteiger charge is -2.39. The topological polar surface area (TPSA) is 38.8 Å². The van der Waals surface area contributed by atoms with Crippen LogP contribution >= 0.6 is 0 Å². The predicted octanol–water partition coefficient (Wildman–Crippen LogP) is 3.31. The van der Waals surface area contributed by atoms with Gasteiger partial charge in [0, 0.05) is 6.42 Å². The Bertz CT molecular complexity index is 367. The van der Waals surface area contributed by atoms with Crippen molar-refractivity contribution in [3.63, 3.8) is 0 Å². The largest absolute Gasteiger partial charge is 0.462 e. The maximum Gasteiger partial charge on any atom is 0.312 e. The average molecular weight is 266 g/mol. The SMILES string of the molecule is CC1CC2OC2CC1OC(=O)C1(C)CCCCC1C. The van der Waals surface area contributed by atoms with E-state index < -0.39 is 0 Å². The van der Waals surface area contributed by atoms with Crippen LogP contribution < -0.4 is 0 Å². The second kappa shape index (κ2) is 4.76. The molecule has 108 valence electrons. The van der Waals surface area contributed by atoms with Crippen LogP contribution in [0.4, 0.5) is 0 Å². The van der Waals surface area contributed by atoms with Gasteiger partial charge in [-0.3, -0.25) is 4.79 Å². The van der Waals surface area contributed by atoms with Crippen LogP contribution in [0.15, 0.2) is 0 Å². The molecule has 0 radical (unpaired) electrons. The average Bonchev–Trinajstić information content (AvgIpc) is 3.11. The molecule has 6 atom stereocenters. The molecule has 1 aliphatic heterocycles. The maximum absolute atomic E-state index is 12.6. The molecule has 2 aliphatic carbocycles. The second-order valence-corrected chi connectivity index (χ2v) is 7.17. The lowest BCUT2D eigenvalue weighted by molar-refractivity contribution is -0.169. The van der Waals surface area contributed by atoms with Gasteiger partial charge in [-0.2, -0.15) is 0 Å². The summed E-state index contributed by atoms with van der Waals surface area (Å²) in [6.07, 6.45) is 7.39. The summed E-state index contributed by atoms with van der Waals surface area (Å²) in [5, 5.41) is 0. The lowest BCUT2D eigenvalue weighted by Crippen LogP contribution is -2.42. The molecule has 0 aromatic carbocycles. The first kappa shape index (κ1) is 13.4. The first-order valence-electron chi connectivity index (χ1n) is 7.87. The summed E-state index contributed by atoms with van der Waals surface area (Å²) in [6, 6.07) is 0. The fourth-order valence-electron chi connectivity index (χ4n) is 3.82. The molecular weight excluding hydrogens is 240 g/mol. The molecule has 0 bridgehead atoms. The predicted molar refractivity (Wildman–Crippen MR) is 72.7 cm³/mol. The molecule has 2 saturated carbocycles. The summed E-state index contributed by atoms with van der Waals surface area (Å²) in [7, 11) is 0. The van der Waals surface area contributed by atoms with E-state index in [9.17, 15) is 4.79 Å². The summed E-state index contributed by atoms with van der Waals surface area (Å²) >= 11 is 0. The van der Waals surface area contributed by atoms with Crippen molar-refractivity contribution in [3.05, 3.63) is 0 Å². The van der Waals surface area contributed by atoms with Crippen LogP contribution in [0.5, 0.6) is 0 Å². The molecular formula is C16H26O3. The maximum atomic E-state index is 12.6. The molecule has 0 aromatic heterocycles. The van der Waals surface area contributed by atoms with Gasteiger partial charge in [0.2, 0.25) is 0 Å². The van der Waals surface area contributed by atoms with E-state index in [0.29, 0.717) is 24.0 Å². The third-order valence-corrected chi connectivity index (χ3v) is 5.79. The van der Waals surface area contributed by atoms with Gasteiger partial charge in [-0.05, 0) is 38.0 Å². The lowest BCUT2D eigenvalue weighted by atomic mass is 9.68. The number of epoxide rings is 1. The van der Waals surface area contributed by atoms with Crippen molar-refractivity contribution in [1.82, 2.24) is 0 Å². The van der Waals surface area contributed by atoms with Crippen LogP contribution in [-0.4, -0.2) is 24.3 Å². The van der Waals surface area contributed by atoms with E-state index in [2.05, 4.69) is 20.8 Å². The summed E-state index contributed by atoms with van der Waals surface area (Å²) in [4.78, 5) is 12.6. The van der Waals surface area contributed by atoms with Crippen molar-refractivity contribution in [1.29, 1.82) is 0 Å². The van der Waals surface area contributed by atoms with Crippen LogP contribution in [0.25, 0.3) is 0 Å². The molecule has 19 heavy (non-hydrogen) atoms. The Hall–Kier alpha value is -0.570. The van der Waals surface area contributed by atoms with Crippen molar-refractivity contribution in [2.75, 3.05) is 0 Å². The number of hydrogen-bond acceptors (Lipinski definition) is 3. The Kier molecular flexibility index (Phi) is 3.36. The van der Waals surface area contributed by atoms with Gasteiger partial charge >= 0.3 is 5.97 Å². The summed E-state index contributed by atoms with van der Waals surface area (Å²) in [5.41, 5.74) is -0.265. The van der Waals surface area contributed by atoms with Gasteiger partial charge in [-0.1, -0.05) is 26.7 Å². The minimum Gasteiger partial charge on any atom is -0.462 e. The Balaban J connectivity index is 1.63. The number of ether oxygens (including phenoxy) is 2. The number of rotatable bonds is 2. The minimum absolute atomic E-state index is 0.0376. The molecule has 3 aliphatic rings. The van der Waals surface area contributed by atoms with Gasteiger partial charge in [-0.25, -0.2) is 0 Å². The van der Waals surface area contributed by atoms with E-state index in [1.807, 2.05) is 0 Å². The standard InChI is InChI=1S/C16H26O3/c1-10-8-13-14(18-13)9-12(10)19-15(17)16(3)7-5-4-6-11(16)2/h10-14H,4-9H2,1-3H3. The van der Waals surface area contributed by atoms with Crippen LogP contribution in [0, 0.1) is 17.3 Å². The monoisotopic (exact) mass is 266 g/mol. The quantitative estimate of drug-likeness (QED) is 0.568. The zero-order valence-corrected chi connectivity index (χ0v) is 12.4. The van der Waals surface area contributed by atoms with Gasteiger partial charge < -0.3 is 9.47 Å². The zero-order valence-electron chi connectivity index (χ0n) is 12.4. The zero-order chi connectivity index (χ0) is 13.6. The van der Waals surface area contributed by atoms with E-state index in [0.717, 1.165) is 32.1 Å². The van der Waals surface area contributed by atoms with E-state index >= 15 is 0 Å². The van der Waals surface area contributed by atoms with Gasteiger partial charge in [-0.15, -0.1) is 0 Å². The Morgan fingerprint density at radius 2 is 1.95 bits per heavy atom. The number of carbonyl (C=O) groups is 1. The number of fused-ring (bicyclic) bond motifs is 1. The molecule has 0 N–H and O–H groups in total. The summed E-state index contributed by atoms with van der Waals surface area (Å²) in [6.45, 7) is 6.48. The number of carbonyl (C=O) groups excluding carboxylic acids is 1. The second-order valence-electron chi connectivity index (χ2n) is 7.17. The van der Waals surface area contributed by atoms with E-state index in [-0.39, 0.29) is 17.5 Å². The van der Waals surface area contributed by atoms with Gasteiger partial charge in [0.05, 0.1) is 17.6 Å². The van der Waals surface area contributed by atoms with Crippen molar-refractivity contribution in [3.8, 4) is 0 Å².